The second-order valence-electron chi connectivity index (χ2n) is 6.89. The monoisotopic (exact) mass is 540 g/mol. The van der Waals surface area contributed by atoms with Crippen LogP contribution in [0.1, 0.15) is 11.1 Å². The average molecular weight is 542 g/mol. The Kier molecular flexibility index (Phi) is 7.78. The van der Waals surface area contributed by atoms with Gasteiger partial charge in [-0.25, -0.2) is 8.42 Å². The molecule has 0 aromatic heterocycles. The molecule has 0 aliphatic carbocycles. The van der Waals surface area contributed by atoms with Crippen LogP contribution in [-0.4, -0.2) is 25.2 Å². The van der Waals surface area contributed by atoms with Crippen LogP contribution in [0.5, 0.6) is 0 Å². The van der Waals surface area contributed by atoms with Gasteiger partial charge in [-0.05, 0) is 55.0 Å². The first-order valence-corrected chi connectivity index (χ1v) is 12.2. The van der Waals surface area contributed by atoms with Gasteiger partial charge < -0.3 is 5.32 Å². The Morgan fingerprint density at radius 3 is 2.35 bits per heavy atom. The number of hydrogen-bond donors (Lipinski definition) is 1. The number of nitrogens with zero attached hydrogens (tertiary/aromatic N) is 1. The number of carbonyl (C=O) groups excluding carboxylic acids is 1. The molecule has 3 rings (SSSR count). The largest absolute Gasteiger partial charge is 0.325 e. The molecule has 0 fully saturated rings. The number of carbonyl (C=O) groups is 1. The summed E-state index contributed by atoms with van der Waals surface area (Å²) < 4.78 is 28.6. The third-order valence-corrected chi connectivity index (χ3v) is 7.47. The van der Waals surface area contributed by atoms with Gasteiger partial charge in [-0.15, -0.1) is 0 Å². The highest BCUT2D eigenvalue weighted by molar-refractivity contribution is 9.10. The van der Waals surface area contributed by atoms with Gasteiger partial charge in [0.1, 0.15) is 0 Å². The molecular weight excluding hydrogens is 523 g/mol. The summed E-state index contributed by atoms with van der Waals surface area (Å²) in [5.41, 5.74) is 2.10. The molecule has 3 aromatic carbocycles. The zero-order chi connectivity index (χ0) is 22.6. The molecule has 0 spiro atoms. The van der Waals surface area contributed by atoms with Crippen LogP contribution in [0, 0.1) is 6.92 Å². The smallest absolute Gasteiger partial charge is 0.243 e. The van der Waals surface area contributed by atoms with Crippen molar-refractivity contribution in [1.82, 2.24) is 4.31 Å². The Morgan fingerprint density at radius 2 is 1.71 bits per heavy atom. The molecule has 0 unspecified atom stereocenters. The topological polar surface area (TPSA) is 66.5 Å². The maximum absolute atomic E-state index is 13.3. The Bertz CT molecular complexity index is 1200. The molecule has 0 bridgehead atoms. The van der Waals surface area contributed by atoms with Gasteiger partial charge in [0.2, 0.25) is 15.9 Å². The van der Waals surface area contributed by atoms with Gasteiger partial charge >= 0.3 is 0 Å². The first kappa shape index (κ1) is 23.8. The van der Waals surface area contributed by atoms with E-state index < -0.39 is 15.9 Å². The van der Waals surface area contributed by atoms with Crippen molar-refractivity contribution in [2.24, 2.45) is 0 Å². The van der Waals surface area contributed by atoms with E-state index in [0.29, 0.717) is 21.3 Å². The summed E-state index contributed by atoms with van der Waals surface area (Å²) in [7, 11) is -3.95. The van der Waals surface area contributed by atoms with Crippen molar-refractivity contribution in [1.29, 1.82) is 0 Å². The normalized spacial score (nSPS) is 11.5. The predicted octanol–water partition coefficient (Wildman–Crippen LogP) is 5.89. The number of hydrogen-bond acceptors (Lipinski definition) is 3. The lowest BCUT2D eigenvalue weighted by Gasteiger charge is -2.22. The van der Waals surface area contributed by atoms with E-state index in [-0.39, 0.29) is 18.0 Å². The van der Waals surface area contributed by atoms with Gasteiger partial charge in [-0.1, -0.05) is 69.0 Å². The third-order valence-electron chi connectivity index (χ3n) is 4.43. The number of anilines is 1. The van der Waals surface area contributed by atoms with E-state index in [1.165, 1.54) is 12.1 Å². The van der Waals surface area contributed by atoms with Gasteiger partial charge in [0.25, 0.3) is 0 Å². The van der Waals surface area contributed by atoms with Crippen LogP contribution in [0.2, 0.25) is 10.0 Å². The highest BCUT2D eigenvalue weighted by Gasteiger charge is 2.27. The van der Waals surface area contributed by atoms with Gasteiger partial charge in [-0.2, -0.15) is 4.31 Å². The highest BCUT2D eigenvalue weighted by Crippen LogP contribution is 2.25. The Labute approximate surface area is 200 Å². The molecule has 31 heavy (non-hydrogen) atoms. The van der Waals surface area contributed by atoms with Crippen LogP contribution < -0.4 is 5.32 Å². The summed E-state index contributed by atoms with van der Waals surface area (Å²) in [5.74, 6) is -0.464. The quantitative estimate of drug-likeness (QED) is 0.405. The molecule has 5 nitrogen and oxygen atoms in total. The van der Waals surface area contributed by atoms with Gasteiger partial charge in [0.15, 0.2) is 0 Å². The molecule has 0 aliphatic heterocycles. The summed E-state index contributed by atoms with van der Waals surface area (Å²) >= 11 is 15.4. The van der Waals surface area contributed by atoms with E-state index in [4.69, 9.17) is 23.2 Å². The highest BCUT2D eigenvalue weighted by atomic mass is 79.9. The van der Waals surface area contributed by atoms with Crippen molar-refractivity contribution in [2.75, 3.05) is 11.9 Å². The lowest BCUT2D eigenvalue weighted by molar-refractivity contribution is -0.116. The van der Waals surface area contributed by atoms with Crippen LogP contribution in [0.25, 0.3) is 0 Å². The summed E-state index contributed by atoms with van der Waals surface area (Å²) in [5, 5.41) is 3.41. The van der Waals surface area contributed by atoms with E-state index >= 15 is 0 Å². The molecule has 0 heterocycles. The predicted molar refractivity (Wildman–Crippen MR) is 128 cm³/mol. The van der Waals surface area contributed by atoms with Crippen molar-refractivity contribution in [2.45, 2.75) is 18.4 Å². The van der Waals surface area contributed by atoms with Crippen molar-refractivity contribution < 1.29 is 13.2 Å². The summed E-state index contributed by atoms with van der Waals surface area (Å²) in [6.07, 6.45) is 0. The van der Waals surface area contributed by atoms with Gasteiger partial charge in [0.05, 0.1) is 21.5 Å². The van der Waals surface area contributed by atoms with Crippen LogP contribution in [0.4, 0.5) is 5.69 Å². The number of nitrogens with one attached hydrogen (secondary N) is 1. The van der Waals surface area contributed by atoms with Crippen molar-refractivity contribution >= 4 is 60.7 Å². The fraction of sp³-hybridized carbons (Fsp3) is 0.136. The molecule has 1 N–H and O–H groups in total. The van der Waals surface area contributed by atoms with Crippen molar-refractivity contribution in [3.8, 4) is 0 Å². The number of sulfonamides is 1. The van der Waals surface area contributed by atoms with Gasteiger partial charge in [-0.3, -0.25) is 4.79 Å². The molecule has 1 amide bonds. The average Bonchev–Trinajstić information content (AvgIpc) is 2.70. The van der Waals surface area contributed by atoms with E-state index in [1.807, 2.05) is 13.0 Å². The maximum Gasteiger partial charge on any atom is 0.243 e. The van der Waals surface area contributed by atoms with Crippen LogP contribution in [0.15, 0.2) is 76.1 Å². The standard InChI is InChI=1S/C22H19BrCl2N2O3S/c1-15-5-8-19(9-6-15)31(29,30)27(13-16-7-10-20(24)21(25)11-16)14-22(28)26-18-4-2-3-17(23)12-18/h2-12H,13-14H2,1H3,(H,26,28). The van der Waals surface area contributed by atoms with Crippen molar-refractivity contribution in [3.05, 3.63) is 92.4 Å². The maximum atomic E-state index is 13.3. The SMILES string of the molecule is Cc1ccc(S(=O)(=O)N(CC(=O)Nc2cccc(Br)c2)Cc2ccc(Cl)c(Cl)c2)cc1. The summed E-state index contributed by atoms with van der Waals surface area (Å²) in [4.78, 5) is 12.8. The minimum Gasteiger partial charge on any atom is -0.325 e. The second kappa shape index (κ2) is 10.1. The first-order chi connectivity index (χ1) is 14.6. The van der Waals surface area contributed by atoms with E-state index in [1.54, 1.807) is 48.5 Å². The van der Waals surface area contributed by atoms with E-state index in [0.717, 1.165) is 14.3 Å². The van der Waals surface area contributed by atoms with Gasteiger partial charge in [0, 0.05) is 16.7 Å². The molecule has 0 aliphatic rings. The molecular formula is C22H19BrCl2N2O3S. The van der Waals surface area contributed by atoms with Crippen LogP contribution >= 0.6 is 39.1 Å². The summed E-state index contributed by atoms with van der Waals surface area (Å²) in [6.45, 7) is 1.46. The molecule has 3 aromatic rings. The minimum atomic E-state index is -3.95. The molecule has 0 atom stereocenters. The second-order valence-corrected chi connectivity index (χ2v) is 10.6. The van der Waals surface area contributed by atoms with Crippen molar-refractivity contribution in [3.63, 3.8) is 0 Å². The Balaban J connectivity index is 1.90. The third kappa shape index (κ3) is 6.30. The number of halogens is 3. The first-order valence-electron chi connectivity index (χ1n) is 9.21. The number of amides is 1. The number of rotatable bonds is 7. The van der Waals surface area contributed by atoms with E-state index in [2.05, 4.69) is 21.2 Å². The molecule has 9 heteroatoms. The number of benzene rings is 3. The molecule has 162 valence electrons. The molecule has 0 saturated carbocycles. The fourth-order valence-electron chi connectivity index (χ4n) is 2.85. The number of aryl methyl sites for hydroxylation is 1. The zero-order valence-electron chi connectivity index (χ0n) is 16.5. The zero-order valence-corrected chi connectivity index (χ0v) is 20.4. The Hall–Kier alpha value is -1.90. The lowest BCUT2D eigenvalue weighted by Crippen LogP contribution is -2.37. The van der Waals surface area contributed by atoms with Crippen LogP contribution in [-0.2, 0) is 21.4 Å². The molecule has 0 saturated heterocycles. The summed E-state index contributed by atoms with van der Waals surface area (Å²) in [6, 6.07) is 18.4. The van der Waals surface area contributed by atoms with Crippen LogP contribution in [0.3, 0.4) is 0 Å². The lowest BCUT2D eigenvalue weighted by atomic mass is 10.2. The molecule has 0 radical (unpaired) electrons. The minimum absolute atomic E-state index is 0.0427. The fourth-order valence-corrected chi connectivity index (χ4v) is 4.96. The van der Waals surface area contributed by atoms with E-state index in [9.17, 15) is 13.2 Å². The Morgan fingerprint density at radius 1 is 1.00 bits per heavy atom.